The molecular formula is C7H9N3O4. The molecule has 7 heteroatoms. The van der Waals surface area contributed by atoms with Crippen LogP contribution in [-0.4, -0.2) is 28.2 Å². The molecule has 1 aromatic rings. The molecule has 0 bridgehead atoms. The summed E-state index contributed by atoms with van der Waals surface area (Å²) in [5, 5.41) is 16.6. The van der Waals surface area contributed by atoms with Crippen molar-refractivity contribution in [3.05, 3.63) is 22.0 Å². The fraction of sp³-hybridized carbons (Fsp3) is 0.429. The molecule has 0 saturated heterocycles. The van der Waals surface area contributed by atoms with E-state index >= 15 is 0 Å². The number of hydrogen-bond donors (Lipinski definition) is 1. The molecule has 14 heavy (non-hydrogen) atoms. The van der Waals surface area contributed by atoms with Crippen molar-refractivity contribution in [2.75, 3.05) is 6.61 Å². The summed E-state index contributed by atoms with van der Waals surface area (Å²) >= 11 is 0. The zero-order valence-electron chi connectivity index (χ0n) is 7.47. The van der Waals surface area contributed by atoms with Gasteiger partial charge < -0.3 is 4.74 Å². The number of nitrogens with one attached hydrogen (secondary N) is 1. The Hall–Kier alpha value is -1.92. The summed E-state index contributed by atoms with van der Waals surface area (Å²) in [5.74, 6) is -0.275. The molecule has 7 nitrogen and oxygen atoms in total. The third kappa shape index (κ3) is 2.06. The molecule has 1 rings (SSSR count). The quantitative estimate of drug-likeness (QED) is 0.425. The monoisotopic (exact) mass is 199 g/mol. The summed E-state index contributed by atoms with van der Waals surface area (Å²) in [6.45, 7) is 2.09. The van der Waals surface area contributed by atoms with Gasteiger partial charge in [0.05, 0.1) is 11.5 Å². The van der Waals surface area contributed by atoms with Crippen molar-refractivity contribution in [1.82, 2.24) is 10.2 Å². The van der Waals surface area contributed by atoms with Crippen molar-refractivity contribution in [2.45, 2.75) is 12.8 Å². The van der Waals surface area contributed by atoms with E-state index in [9.17, 15) is 14.9 Å². The highest BCUT2D eigenvalue weighted by Crippen LogP contribution is 2.23. The molecule has 0 saturated carbocycles. The molecule has 0 fully saturated rings. The zero-order chi connectivity index (χ0) is 10.6. The van der Waals surface area contributed by atoms with E-state index in [-0.39, 0.29) is 18.2 Å². The minimum Gasteiger partial charge on any atom is -0.467 e. The summed E-state index contributed by atoms with van der Waals surface area (Å²) in [5.41, 5.74) is 0.267. The zero-order valence-corrected chi connectivity index (χ0v) is 7.47. The van der Waals surface area contributed by atoms with Crippen LogP contribution in [0.4, 0.5) is 5.69 Å². The van der Waals surface area contributed by atoms with Gasteiger partial charge in [-0.2, -0.15) is 5.10 Å². The smallest absolute Gasteiger partial charge is 0.310 e. The number of aromatic amines is 1. The lowest BCUT2D eigenvalue weighted by Gasteiger charge is -2.06. The molecule has 0 amide bonds. The van der Waals surface area contributed by atoms with Crippen molar-refractivity contribution in [1.29, 1.82) is 0 Å². The lowest BCUT2D eigenvalue weighted by Crippen LogP contribution is -2.06. The Morgan fingerprint density at radius 3 is 3.14 bits per heavy atom. The van der Waals surface area contributed by atoms with Gasteiger partial charge >= 0.3 is 5.69 Å². The first-order valence-electron chi connectivity index (χ1n) is 3.89. The molecule has 0 aliphatic carbocycles. The summed E-state index contributed by atoms with van der Waals surface area (Å²) < 4.78 is 4.50. The molecule has 76 valence electrons. The van der Waals surface area contributed by atoms with E-state index in [1.54, 1.807) is 6.92 Å². The lowest BCUT2D eigenvalue weighted by atomic mass is 10.1. The van der Waals surface area contributed by atoms with E-state index in [2.05, 4.69) is 14.9 Å². The number of carbonyl (C=O) groups is 1. The van der Waals surface area contributed by atoms with Gasteiger partial charge in [-0.25, -0.2) is 0 Å². The lowest BCUT2D eigenvalue weighted by molar-refractivity contribution is -0.385. The number of ether oxygens (including phenoxy) is 1. The highest BCUT2D eigenvalue weighted by atomic mass is 16.6. The Bertz CT molecular complexity index is 335. The van der Waals surface area contributed by atoms with Crippen LogP contribution >= 0.6 is 0 Å². The predicted octanol–water partition coefficient (Wildman–Crippen LogP) is 0.594. The third-order valence-electron chi connectivity index (χ3n) is 1.75. The maximum atomic E-state index is 10.5. The summed E-state index contributed by atoms with van der Waals surface area (Å²) in [6.07, 6.45) is 1.13. The van der Waals surface area contributed by atoms with Crippen molar-refractivity contribution in [2.24, 2.45) is 0 Å². The summed E-state index contributed by atoms with van der Waals surface area (Å²) in [4.78, 5) is 19.9. The highest BCUT2D eigenvalue weighted by molar-refractivity contribution is 5.38. The van der Waals surface area contributed by atoms with Crippen molar-refractivity contribution in [3.63, 3.8) is 0 Å². The normalized spacial score (nSPS) is 12.1. The van der Waals surface area contributed by atoms with Crippen LogP contribution in [0.25, 0.3) is 0 Å². The van der Waals surface area contributed by atoms with Gasteiger partial charge in [-0.1, -0.05) is 6.92 Å². The van der Waals surface area contributed by atoms with Crippen molar-refractivity contribution >= 4 is 12.2 Å². The molecule has 1 N–H and O–H groups in total. The number of H-pyrrole nitrogens is 1. The second-order valence-corrected chi connectivity index (χ2v) is 2.76. The Balaban J connectivity index is 2.78. The van der Waals surface area contributed by atoms with Crippen LogP contribution in [0.15, 0.2) is 6.20 Å². The van der Waals surface area contributed by atoms with Gasteiger partial charge in [0, 0.05) is 5.92 Å². The van der Waals surface area contributed by atoms with Crippen LogP contribution in [0.3, 0.4) is 0 Å². The molecule has 1 heterocycles. The maximum Gasteiger partial charge on any atom is 0.310 e. The molecule has 1 unspecified atom stereocenters. The molecule has 1 aromatic heterocycles. The SMILES string of the molecule is CC(COC=O)c1[nH]ncc1[N+](=O)[O-]. The summed E-state index contributed by atoms with van der Waals surface area (Å²) in [6, 6.07) is 0. The molecule has 0 aliphatic rings. The van der Waals surface area contributed by atoms with Crippen LogP contribution in [0, 0.1) is 10.1 Å². The van der Waals surface area contributed by atoms with E-state index in [0.29, 0.717) is 12.2 Å². The Labute approximate surface area is 79.2 Å². The van der Waals surface area contributed by atoms with Crippen LogP contribution in [0.1, 0.15) is 18.5 Å². The van der Waals surface area contributed by atoms with Gasteiger partial charge in [0.1, 0.15) is 11.9 Å². The first kappa shape index (κ1) is 10.2. The third-order valence-corrected chi connectivity index (χ3v) is 1.75. The van der Waals surface area contributed by atoms with Gasteiger partial charge in [0.15, 0.2) is 0 Å². The largest absolute Gasteiger partial charge is 0.467 e. The molecule has 0 radical (unpaired) electrons. The molecule has 0 spiro atoms. The number of nitro groups is 1. The average molecular weight is 199 g/mol. The van der Waals surface area contributed by atoms with E-state index in [1.165, 1.54) is 0 Å². The molecule has 0 aliphatic heterocycles. The predicted molar refractivity (Wildman–Crippen MR) is 45.7 cm³/mol. The van der Waals surface area contributed by atoms with E-state index in [1.807, 2.05) is 0 Å². The number of carbonyl (C=O) groups excluding carboxylic acids is 1. The van der Waals surface area contributed by atoms with E-state index in [0.717, 1.165) is 6.20 Å². The van der Waals surface area contributed by atoms with Gasteiger partial charge in [-0.15, -0.1) is 0 Å². The van der Waals surface area contributed by atoms with E-state index in [4.69, 9.17) is 0 Å². The molecule has 1 atom stereocenters. The van der Waals surface area contributed by atoms with Gasteiger partial charge in [-0.05, 0) is 0 Å². The molecule has 0 aromatic carbocycles. The minimum absolute atomic E-state index is 0.0898. The van der Waals surface area contributed by atoms with E-state index < -0.39 is 4.92 Å². The fourth-order valence-electron chi connectivity index (χ4n) is 1.06. The Kier molecular flexibility index (Phi) is 3.16. The standard InChI is InChI=1S/C7H9N3O4/c1-5(3-14-4-11)7-6(10(12)13)2-8-9-7/h2,4-5H,3H2,1H3,(H,8,9). The van der Waals surface area contributed by atoms with Gasteiger partial charge in [0.25, 0.3) is 6.47 Å². The first-order valence-corrected chi connectivity index (χ1v) is 3.89. The van der Waals surface area contributed by atoms with Crippen LogP contribution in [-0.2, 0) is 9.53 Å². The van der Waals surface area contributed by atoms with Crippen molar-refractivity contribution in [3.8, 4) is 0 Å². The minimum atomic E-state index is -0.532. The highest BCUT2D eigenvalue weighted by Gasteiger charge is 2.21. The van der Waals surface area contributed by atoms with Crippen LogP contribution in [0.5, 0.6) is 0 Å². The van der Waals surface area contributed by atoms with Crippen molar-refractivity contribution < 1.29 is 14.5 Å². The second kappa shape index (κ2) is 4.35. The summed E-state index contributed by atoms with van der Waals surface area (Å²) in [7, 11) is 0. The van der Waals surface area contributed by atoms with Gasteiger partial charge in [0.2, 0.25) is 0 Å². The number of aromatic nitrogens is 2. The Morgan fingerprint density at radius 2 is 2.57 bits per heavy atom. The number of hydrogen-bond acceptors (Lipinski definition) is 5. The second-order valence-electron chi connectivity index (χ2n) is 2.76. The maximum absolute atomic E-state index is 10.5. The number of nitrogens with zero attached hydrogens (tertiary/aromatic N) is 2. The Morgan fingerprint density at radius 1 is 1.86 bits per heavy atom. The van der Waals surface area contributed by atoms with Crippen LogP contribution < -0.4 is 0 Å². The number of rotatable bonds is 5. The first-order chi connectivity index (χ1) is 6.66. The topological polar surface area (TPSA) is 98.1 Å². The fourth-order valence-corrected chi connectivity index (χ4v) is 1.06. The molecular weight excluding hydrogens is 190 g/mol. The average Bonchev–Trinajstić information content (AvgIpc) is 2.62. The van der Waals surface area contributed by atoms with Gasteiger partial charge in [-0.3, -0.25) is 20.0 Å². The van der Waals surface area contributed by atoms with Crippen LogP contribution in [0.2, 0.25) is 0 Å².